The van der Waals surface area contributed by atoms with E-state index >= 15 is 0 Å². The largest absolute Gasteiger partial charge is 0.346 e. The Kier molecular flexibility index (Phi) is 4.57. The number of aromatic amines is 2. The molecule has 7 nitrogen and oxygen atoms in total. The first-order chi connectivity index (χ1) is 14.8. The number of hydrogen-bond donors (Lipinski definition) is 2. The lowest BCUT2D eigenvalue weighted by atomic mass is 9.75. The van der Waals surface area contributed by atoms with E-state index in [0.717, 1.165) is 23.9 Å². The molecule has 0 bridgehead atoms. The Morgan fingerprint density at radius 3 is 2.74 bits per heavy atom. The van der Waals surface area contributed by atoms with Crippen molar-refractivity contribution in [3.63, 3.8) is 0 Å². The second-order valence-electron chi connectivity index (χ2n) is 9.56. The number of likely N-dealkylation sites (tertiary alicyclic amines) is 1. The molecule has 2 N–H and O–H groups in total. The van der Waals surface area contributed by atoms with Crippen LogP contribution in [0.15, 0.2) is 35.4 Å². The molecule has 0 saturated carbocycles. The SMILES string of the molecule is CC1(C)CC(=O)c2cc(C(=O)N3CCC(c4c[nH]c5ncccc45)CC3)c(=O)[nH]c2C1. The number of H-pyrrole nitrogens is 2. The van der Waals surface area contributed by atoms with Crippen LogP contribution in [0.25, 0.3) is 11.0 Å². The van der Waals surface area contributed by atoms with Gasteiger partial charge in [0, 0.05) is 48.5 Å². The molecule has 0 aromatic carbocycles. The zero-order valence-corrected chi connectivity index (χ0v) is 17.8. The highest BCUT2D eigenvalue weighted by molar-refractivity contribution is 6.02. The first-order valence-corrected chi connectivity index (χ1v) is 10.8. The molecule has 3 aromatic heterocycles. The van der Waals surface area contributed by atoms with Gasteiger partial charge in [0.05, 0.1) is 0 Å². The minimum Gasteiger partial charge on any atom is -0.346 e. The van der Waals surface area contributed by atoms with Crippen molar-refractivity contribution >= 4 is 22.7 Å². The van der Waals surface area contributed by atoms with Gasteiger partial charge in [0.2, 0.25) is 0 Å². The molecule has 3 aromatic rings. The predicted molar refractivity (Wildman–Crippen MR) is 117 cm³/mol. The zero-order chi connectivity index (χ0) is 21.8. The van der Waals surface area contributed by atoms with Gasteiger partial charge in [-0.15, -0.1) is 0 Å². The molecule has 1 aliphatic heterocycles. The Hall–Kier alpha value is -3.22. The van der Waals surface area contributed by atoms with E-state index in [1.165, 1.54) is 11.6 Å². The van der Waals surface area contributed by atoms with Crippen LogP contribution in [-0.4, -0.2) is 44.6 Å². The maximum atomic E-state index is 13.1. The molecule has 31 heavy (non-hydrogen) atoms. The summed E-state index contributed by atoms with van der Waals surface area (Å²) in [5, 5.41) is 1.12. The molecule has 2 aliphatic rings. The monoisotopic (exact) mass is 418 g/mol. The standard InChI is InChI=1S/C24H26N4O3/c1-24(2)11-19-16(20(29)12-24)10-17(22(30)27-19)23(31)28-8-5-14(6-9-28)18-13-26-21-15(18)4-3-7-25-21/h3-4,7,10,13-14H,5-6,8-9,11-12H2,1-2H3,(H,25,26)(H,27,30). The summed E-state index contributed by atoms with van der Waals surface area (Å²) in [6.45, 7) is 5.18. The van der Waals surface area contributed by atoms with Crippen molar-refractivity contribution in [1.82, 2.24) is 19.9 Å². The Bertz CT molecular complexity index is 1250. The van der Waals surface area contributed by atoms with Gasteiger partial charge in [0.25, 0.3) is 11.5 Å². The third-order valence-electron chi connectivity index (χ3n) is 6.65. The van der Waals surface area contributed by atoms with E-state index in [4.69, 9.17) is 0 Å². The van der Waals surface area contributed by atoms with E-state index in [9.17, 15) is 14.4 Å². The van der Waals surface area contributed by atoms with Crippen molar-refractivity contribution in [2.45, 2.75) is 45.4 Å². The summed E-state index contributed by atoms with van der Waals surface area (Å²) in [6.07, 6.45) is 6.48. The van der Waals surface area contributed by atoms with Crippen LogP contribution in [0, 0.1) is 5.41 Å². The number of carbonyl (C=O) groups excluding carboxylic acids is 2. The van der Waals surface area contributed by atoms with Gasteiger partial charge in [0.1, 0.15) is 11.2 Å². The minimum absolute atomic E-state index is 0.0109. The van der Waals surface area contributed by atoms with Crippen LogP contribution in [0.1, 0.15) is 71.0 Å². The van der Waals surface area contributed by atoms with Crippen LogP contribution in [-0.2, 0) is 6.42 Å². The highest BCUT2D eigenvalue weighted by Gasteiger charge is 2.34. The van der Waals surface area contributed by atoms with Crippen molar-refractivity contribution in [2.75, 3.05) is 13.1 Å². The summed E-state index contributed by atoms with van der Waals surface area (Å²) in [4.78, 5) is 50.5. The summed E-state index contributed by atoms with van der Waals surface area (Å²) in [5.41, 5.74) is 2.73. The van der Waals surface area contributed by atoms with Gasteiger partial charge in [-0.1, -0.05) is 13.8 Å². The zero-order valence-electron chi connectivity index (χ0n) is 17.8. The second kappa shape index (κ2) is 7.18. The van der Waals surface area contributed by atoms with Crippen LogP contribution < -0.4 is 5.56 Å². The topological polar surface area (TPSA) is 98.9 Å². The summed E-state index contributed by atoms with van der Waals surface area (Å²) in [7, 11) is 0. The lowest BCUT2D eigenvalue weighted by molar-refractivity contribution is 0.0711. The normalized spacial score (nSPS) is 18.9. The first-order valence-electron chi connectivity index (χ1n) is 10.8. The van der Waals surface area contributed by atoms with Crippen molar-refractivity contribution in [3.8, 4) is 0 Å². The maximum absolute atomic E-state index is 13.1. The van der Waals surface area contributed by atoms with Crippen LogP contribution >= 0.6 is 0 Å². The Balaban J connectivity index is 1.35. The number of fused-ring (bicyclic) bond motifs is 2. The molecule has 1 fully saturated rings. The number of ketones is 1. The van der Waals surface area contributed by atoms with Gasteiger partial charge < -0.3 is 14.9 Å². The molecule has 0 radical (unpaired) electrons. The van der Waals surface area contributed by atoms with Gasteiger partial charge in [-0.25, -0.2) is 4.98 Å². The summed E-state index contributed by atoms with van der Waals surface area (Å²) >= 11 is 0. The molecule has 1 aliphatic carbocycles. The Morgan fingerprint density at radius 2 is 1.97 bits per heavy atom. The van der Waals surface area contributed by atoms with E-state index in [0.29, 0.717) is 43.1 Å². The molecule has 0 unspecified atom stereocenters. The molecule has 7 heteroatoms. The number of amides is 1. The van der Waals surface area contributed by atoms with Crippen molar-refractivity contribution in [1.29, 1.82) is 0 Å². The second-order valence-corrected chi connectivity index (χ2v) is 9.56. The molecule has 0 spiro atoms. The fourth-order valence-electron chi connectivity index (χ4n) is 5.07. The fraction of sp³-hybridized carbons (Fsp3) is 0.417. The smallest absolute Gasteiger partial charge is 0.261 e. The number of nitrogens with zero attached hydrogens (tertiary/aromatic N) is 2. The van der Waals surface area contributed by atoms with Gasteiger partial charge in [-0.3, -0.25) is 14.4 Å². The molecule has 4 heterocycles. The number of pyridine rings is 2. The highest BCUT2D eigenvalue weighted by Crippen LogP contribution is 2.35. The highest BCUT2D eigenvalue weighted by atomic mass is 16.2. The summed E-state index contributed by atoms with van der Waals surface area (Å²) in [5.74, 6) is 0.0385. The molecular weight excluding hydrogens is 392 g/mol. The number of nitrogens with one attached hydrogen (secondary N) is 2. The Morgan fingerprint density at radius 1 is 1.19 bits per heavy atom. The van der Waals surface area contributed by atoms with Crippen molar-refractivity contribution in [3.05, 3.63) is 63.3 Å². The van der Waals surface area contributed by atoms with E-state index in [1.807, 2.05) is 26.1 Å². The maximum Gasteiger partial charge on any atom is 0.261 e. The van der Waals surface area contributed by atoms with Crippen molar-refractivity contribution in [2.24, 2.45) is 5.41 Å². The van der Waals surface area contributed by atoms with Crippen LogP contribution in [0.3, 0.4) is 0 Å². The molecule has 5 rings (SSSR count). The van der Waals surface area contributed by atoms with Crippen molar-refractivity contribution < 1.29 is 9.59 Å². The molecule has 1 amide bonds. The average molecular weight is 418 g/mol. The predicted octanol–water partition coefficient (Wildman–Crippen LogP) is 3.43. The first kappa shape index (κ1) is 19.7. The van der Waals surface area contributed by atoms with Crippen LogP contribution in [0.4, 0.5) is 0 Å². The number of hydrogen-bond acceptors (Lipinski definition) is 4. The number of aromatic nitrogens is 3. The number of Topliss-reactive ketones (excluding diaryl/α,β-unsaturated/α-hetero) is 1. The quantitative estimate of drug-likeness (QED) is 0.666. The van der Waals surface area contributed by atoms with E-state index in [-0.39, 0.29) is 22.7 Å². The molecule has 160 valence electrons. The van der Waals surface area contributed by atoms with E-state index in [1.54, 1.807) is 11.1 Å². The van der Waals surface area contributed by atoms with Gasteiger partial charge in [-0.05, 0) is 54.4 Å². The average Bonchev–Trinajstić information content (AvgIpc) is 3.16. The lowest BCUT2D eigenvalue weighted by Gasteiger charge is -2.32. The third kappa shape index (κ3) is 3.48. The lowest BCUT2D eigenvalue weighted by Crippen LogP contribution is -2.41. The summed E-state index contributed by atoms with van der Waals surface area (Å²) in [6, 6.07) is 5.52. The van der Waals surface area contributed by atoms with E-state index < -0.39 is 5.56 Å². The molecule has 1 saturated heterocycles. The number of rotatable bonds is 2. The van der Waals surface area contributed by atoms with Gasteiger partial charge in [-0.2, -0.15) is 0 Å². The van der Waals surface area contributed by atoms with Crippen LogP contribution in [0.5, 0.6) is 0 Å². The number of carbonyl (C=O) groups is 2. The molecular formula is C24H26N4O3. The van der Waals surface area contributed by atoms with Gasteiger partial charge >= 0.3 is 0 Å². The number of piperidine rings is 1. The minimum atomic E-state index is -0.404. The third-order valence-corrected chi connectivity index (χ3v) is 6.65. The molecule has 0 atom stereocenters. The van der Waals surface area contributed by atoms with Gasteiger partial charge in [0.15, 0.2) is 5.78 Å². The summed E-state index contributed by atoms with van der Waals surface area (Å²) < 4.78 is 0. The van der Waals surface area contributed by atoms with Crippen LogP contribution in [0.2, 0.25) is 0 Å². The van der Waals surface area contributed by atoms with E-state index in [2.05, 4.69) is 21.0 Å². The Labute approximate surface area is 179 Å². The fourth-order valence-corrected chi connectivity index (χ4v) is 5.07.